The molecule has 176 valence electrons. The Bertz CT molecular complexity index is 996. The van der Waals surface area contributed by atoms with Gasteiger partial charge in [-0.2, -0.15) is 13.2 Å². The van der Waals surface area contributed by atoms with Gasteiger partial charge in [0, 0.05) is 37.4 Å². The molecule has 2 aromatic rings. The van der Waals surface area contributed by atoms with Gasteiger partial charge >= 0.3 is 6.18 Å². The van der Waals surface area contributed by atoms with Crippen LogP contribution in [0, 0.1) is 12.3 Å². The van der Waals surface area contributed by atoms with Crippen molar-refractivity contribution in [2.75, 3.05) is 20.1 Å². The Balaban J connectivity index is 2.27. The molecule has 0 bridgehead atoms. The van der Waals surface area contributed by atoms with E-state index >= 15 is 0 Å². The minimum absolute atomic E-state index is 0.0106. The van der Waals surface area contributed by atoms with E-state index in [1.165, 1.54) is 13.1 Å². The lowest BCUT2D eigenvalue weighted by Crippen LogP contribution is -2.55. The SMILES string of the molecule is Cc1c(-c2ccc(Cl)cn2)c(C(=O)N(C)C2CCNCC2(C)C)n(C(C)C)c1C(F)(F)F. The van der Waals surface area contributed by atoms with E-state index in [2.05, 4.69) is 24.1 Å². The Morgan fingerprint density at radius 1 is 1.34 bits per heavy atom. The molecule has 1 aliphatic rings. The summed E-state index contributed by atoms with van der Waals surface area (Å²) in [7, 11) is 1.68. The van der Waals surface area contributed by atoms with Gasteiger partial charge in [-0.05, 0) is 56.8 Å². The Labute approximate surface area is 192 Å². The van der Waals surface area contributed by atoms with E-state index in [1.807, 2.05) is 0 Å². The maximum atomic E-state index is 14.2. The number of halogens is 4. The summed E-state index contributed by atoms with van der Waals surface area (Å²) in [6.07, 6.45) is -2.53. The fourth-order valence-corrected chi connectivity index (χ4v) is 4.92. The molecule has 1 aliphatic heterocycles. The number of carbonyl (C=O) groups excluding carboxylic acids is 1. The molecule has 2 aromatic heterocycles. The number of hydrogen-bond donors (Lipinski definition) is 1. The molecule has 3 rings (SSSR count). The molecule has 1 fully saturated rings. The standard InChI is InChI=1S/C23H30ClF3N4O/c1-13(2)31-19(21(32)30(6)17-9-10-28-12-22(17,4)5)18(14(3)20(31)23(25,26)27)16-8-7-15(24)11-29-16/h7-8,11,13,17,28H,9-10,12H2,1-6H3. The van der Waals surface area contributed by atoms with Gasteiger partial charge in [-0.3, -0.25) is 9.78 Å². The van der Waals surface area contributed by atoms with Gasteiger partial charge in [-0.25, -0.2) is 0 Å². The minimum atomic E-state index is -4.62. The van der Waals surface area contributed by atoms with Crippen molar-refractivity contribution in [3.05, 3.63) is 40.3 Å². The fourth-order valence-electron chi connectivity index (χ4n) is 4.81. The molecule has 1 saturated heterocycles. The van der Waals surface area contributed by atoms with Crippen molar-refractivity contribution in [2.45, 2.75) is 59.3 Å². The van der Waals surface area contributed by atoms with E-state index in [-0.39, 0.29) is 34.0 Å². The number of piperidine rings is 1. The summed E-state index contributed by atoms with van der Waals surface area (Å²) in [4.78, 5) is 19.7. The first-order chi connectivity index (χ1) is 14.8. The van der Waals surface area contributed by atoms with Gasteiger partial charge in [0.15, 0.2) is 0 Å². The Kier molecular flexibility index (Phi) is 6.69. The van der Waals surface area contributed by atoms with Gasteiger partial charge in [0.05, 0.1) is 10.7 Å². The second kappa shape index (κ2) is 8.71. The predicted molar refractivity (Wildman–Crippen MR) is 120 cm³/mol. The molecule has 0 spiro atoms. The number of alkyl halides is 3. The van der Waals surface area contributed by atoms with E-state index < -0.39 is 23.8 Å². The van der Waals surface area contributed by atoms with Gasteiger partial charge in [0.2, 0.25) is 0 Å². The Hall–Kier alpha value is -2.06. The largest absolute Gasteiger partial charge is 0.431 e. The van der Waals surface area contributed by atoms with Gasteiger partial charge in [-0.15, -0.1) is 0 Å². The number of aromatic nitrogens is 2. The fraction of sp³-hybridized carbons (Fsp3) is 0.565. The smallest absolute Gasteiger partial charge is 0.337 e. The highest BCUT2D eigenvalue weighted by Crippen LogP contribution is 2.43. The van der Waals surface area contributed by atoms with Crippen LogP contribution in [0.4, 0.5) is 13.2 Å². The molecular formula is C23H30ClF3N4O. The van der Waals surface area contributed by atoms with Crippen LogP contribution in [0.2, 0.25) is 5.02 Å². The van der Waals surface area contributed by atoms with Crippen LogP contribution in [-0.4, -0.2) is 46.5 Å². The molecule has 0 aromatic carbocycles. The Morgan fingerprint density at radius 2 is 2.00 bits per heavy atom. The van der Waals surface area contributed by atoms with Crippen LogP contribution < -0.4 is 5.32 Å². The molecule has 1 amide bonds. The number of amides is 1. The molecule has 9 heteroatoms. The van der Waals surface area contributed by atoms with Crippen LogP contribution in [0.15, 0.2) is 18.3 Å². The molecule has 1 N–H and O–H groups in total. The summed E-state index contributed by atoms with van der Waals surface area (Å²) in [5.41, 5.74) is -0.554. The van der Waals surface area contributed by atoms with Crippen molar-refractivity contribution in [3.63, 3.8) is 0 Å². The zero-order valence-corrected chi connectivity index (χ0v) is 20.0. The molecule has 1 atom stereocenters. The second-order valence-electron chi connectivity index (χ2n) is 9.41. The Morgan fingerprint density at radius 3 is 2.50 bits per heavy atom. The van der Waals surface area contributed by atoms with Crippen LogP contribution >= 0.6 is 11.6 Å². The maximum Gasteiger partial charge on any atom is 0.431 e. The number of nitrogens with zero attached hydrogens (tertiary/aromatic N) is 3. The van der Waals surface area contributed by atoms with E-state index in [4.69, 9.17) is 11.6 Å². The predicted octanol–water partition coefficient (Wildman–Crippen LogP) is 5.57. The summed E-state index contributed by atoms with van der Waals surface area (Å²) < 4.78 is 43.7. The average molecular weight is 471 g/mol. The van der Waals surface area contributed by atoms with Crippen molar-refractivity contribution in [3.8, 4) is 11.3 Å². The molecule has 0 radical (unpaired) electrons. The maximum absolute atomic E-state index is 14.2. The highest BCUT2D eigenvalue weighted by Gasteiger charge is 2.44. The van der Waals surface area contributed by atoms with Crippen LogP contribution in [-0.2, 0) is 6.18 Å². The van der Waals surface area contributed by atoms with Gasteiger partial charge in [0.1, 0.15) is 11.4 Å². The van der Waals surface area contributed by atoms with Crippen molar-refractivity contribution >= 4 is 17.5 Å². The van der Waals surface area contributed by atoms with Crippen LogP contribution in [0.25, 0.3) is 11.3 Å². The van der Waals surface area contributed by atoms with Gasteiger partial charge < -0.3 is 14.8 Å². The number of nitrogens with one attached hydrogen (secondary N) is 1. The number of hydrogen-bond acceptors (Lipinski definition) is 3. The first-order valence-electron chi connectivity index (χ1n) is 10.7. The third-order valence-corrected chi connectivity index (χ3v) is 6.51. The summed E-state index contributed by atoms with van der Waals surface area (Å²) in [6, 6.07) is 2.42. The number of pyridine rings is 1. The first kappa shape index (κ1) is 24.6. The third-order valence-electron chi connectivity index (χ3n) is 6.28. The first-order valence-corrected chi connectivity index (χ1v) is 11.1. The normalized spacial score (nSPS) is 18.8. The van der Waals surface area contributed by atoms with E-state index in [1.54, 1.807) is 37.9 Å². The topological polar surface area (TPSA) is 50.2 Å². The zero-order chi connectivity index (χ0) is 24.0. The monoisotopic (exact) mass is 470 g/mol. The summed E-state index contributed by atoms with van der Waals surface area (Å²) >= 11 is 5.96. The highest BCUT2D eigenvalue weighted by atomic mass is 35.5. The van der Waals surface area contributed by atoms with E-state index in [0.717, 1.165) is 24.1 Å². The molecule has 32 heavy (non-hydrogen) atoms. The van der Waals surface area contributed by atoms with Crippen molar-refractivity contribution in [2.24, 2.45) is 5.41 Å². The second-order valence-corrected chi connectivity index (χ2v) is 9.84. The van der Waals surface area contributed by atoms with Gasteiger partial charge in [0.25, 0.3) is 5.91 Å². The third kappa shape index (κ3) is 4.39. The molecule has 0 saturated carbocycles. The molecule has 1 unspecified atom stereocenters. The van der Waals surface area contributed by atoms with Gasteiger partial charge in [-0.1, -0.05) is 25.4 Å². The van der Waals surface area contributed by atoms with Crippen LogP contribution in [0.5, 0.6) is 0 Å². The van der Waals surface area contributed by atoms with E-state index in [9.17, 15) is 18.0 Å². The van der Waals surface area contributed by atoms with Crippen LogP contribution in [0.1, 0.15) is 61.9 Å². The lowest BCUT2D eigenvalue weighted by atomic mass is 9.79. The molecule has 5 nitrogen and oxygen atoms in total. The van der Waals surface area contributed by atoms with Crippen molar-refractivity contribution in [1.29, 1.82) is 0 Å². The van der Waals surface area contributed by atoms with Crippen molar-refractivity contribution in [1.82, 2.24) is 19.8 Å². The van der Waals surface area contributed by atoms with E-state index in [0.29, 0.717) is 5.02 Å². The lowest BCUT2D eigenvalue weighted by Gasteiger charge is -2.44. The molecule has 3 heterocycles. The average Bonchev–Trinajstić information content (AvgIpc) is 3.01. The zero-order valence-electron chi connectivity index (χ0n) is 19.3. The number of carbonyl (C=O) groups is 1. The summed E-state index contributed by atoms with van der Waals surface area (Å²) in [6.45, 7) is 10.3. The number of rotatable bonds is 4. The summed E-state index contributed by atoms with van der Waals surface area (Å²) in [5.74, 6) is -0.441. The highest BCUT2D eigenvalue weighted by molar-refractivity contribution is 6.30. The molecular weight excluding hydrogens is 441 g/mol. The minimum Gasteiger partial charge on any atom is -0.337 e. The summed E-state index contributed by atoms with van der Waals surface area (Å²) in [5, 5.41) is 3.70. The molecule has 0 aliphatic carbocycles. The lowest BCUT2D eigenvalue weighted by molar-refractivity contribution is -0.144. The van der Waals surface area contributed by atoms with Crippen LogP contribution in [0.3, 0.4) is 0 Å². The quantitative estimate of drug-likeness (QED) is 0.635. The van der Waals surface area contributed by atoms with Crippen molar-refractivity contribution < 1.29 is 18.0 Å².